The zero-order valence-corrected chi connectivity index (χ0v) is 15.0. The van der Waals surface area contributed by atoms with Crippen LogP contribution < -0.4 is 9.67 Å². The molecule has 4 heteroatoms. The summed E-state index contributed by atoms with van der Waals surface area (Å²) in [7, 11) is 2.12. The van der Waals surface area contributed by atoms with Crippen molar-refractivity contribution in [3.63, 3.8) is 0 Å². The number of nitrogens with zero attached hydrogens (tertiary/aromatic N) is 2. The number of hydrogen-bond acceptors (Lipinski definition) is 2. The lowest BCUT2D eigenvalue weighted by Gasteiger charge is -2.06. The molecule has 0 radical (unpaired) electrons. The molecule has 0 saturated carbocycles. The number of hydrogen-bond donors (Lipinski definition) is 0. The number of unbranched alkanes of at least 4 members (excludes halogenated alkanes) is 4. The molecule has 130 valence electrons. The van der Waals surface area contributed by atoms with Gasteiger partial charge < -0.3 is 9.90 Å². The lowest BCUT2D eigenvalue weighted by molar-refractivity contribution is -0.695. The van der Waals surface area contributed by atoms with Crippen LogP contribution in [0.4, 0.5) is 0 Å². The SMILES string of the molecule is CCCCCCCc1n(C)c(C)c[n+]1Cc1ccc(C(=O)[O-])cc1. The van der Waals surface area contributed by atoms with Crippen LogP contribution in [-0.4, -0.2) is 10.5 Å². The van der Waals surface area contributed by atoms with Crippen LogP contribution in [0.25, 0.3) is 0 Å². The summed E-state index contributed by atoms with van der Waals surface area (Å²) in [5.74, 6) is 0.200. The third-order valence-electron chi connectivity index (χ3n) is 4.64. The maximum absolute atomic E-state index is 10.8. The van der Waals surface area contributed by atoms with Crippen molar-refractivity contribution < 1.29 is 14.5 Å². The molecule has 24 heavy (non-hydrogen) atoms. The average molecular weight is 328 g/mol. The first-order valence-electron chi connectivity index (χ1n) is 8.87. The number of carbonyl (C=O) groups excluding carboxylic acids is 1. The van der Waals surface area contributed by atoms with Crippen LogP contribution >= 0.6 is 0 Å². The molecule has 0 N–H and O–H groups in total. The van der Waals surface area contributed by atoms with Gasteiger partial charge in [-0.05, 0) is 17.5 Å². The van der Waals surface area contributed by atoms with Gasteiger partial charge in [-0.1, -0.05) is 56.9 Å². The van der Waals surface area contributed by atoms with E-state index < -0.39 is 5.97 Å². The first-order chi connectivity index (χ1) is 11.5. The van der Waals surface area contributed by atoms with Crippen molar-refractivity contribution in [1.82, 2.24) is 4.57 Å². The minimum Gasteiger partial charge on any atom is -0.545 e. The Bertz CT molecular complexity index is 672. The first-order valence-corrected chi connectivity index (χ1v) is 8.87. The largest absolute Gasteiger partial charge is 0.545 e. The lowest BCUT2D eigenvalue weighted by Crippen LogP contribution is -2.37. The predicted octanol–water partition coefficient (Wildman–Crippen LogP) is 2.55. The van der Waals surface area contributed by atoms with Gasteiger partial charge >= 0.3 is 0 Å². The summed E-state index contributed by atoms with van der Waals surface area (Å²) in [5.41, 5.74) is 2.57. The number of aryl methyl sites for hydroxylation is 1. The highest BCUT2D eigenvalue weighted by molar-refractivity contribution is 5.85. The summed E-state index contributed by atoms with van der Waals surface area (Å²) in [6.07, 6.45) is 9.63. The van der Waals surface area contributed by atoms with Crippen LogP contribution in [-0.2, 0) is 20.0 Å². The molecule has 0 amide bonds. The summed E-state index contributed by atoms with van der Waals surface area (Å²) in [6.45, 7) is 5.12. The van der Waals surface area contributed by atoms with Gasteiger partial charge in [0.1, 0.15) is 18.4 Å². The smallest absolute Gasteiger partial charge is 0.256 e. The van der Waals surface area contributed by atoms with Crippen LogP contribution in [0.5, 0.6) is 0 Å². The highest BCUT2D eigenvalue weighted by Crippen LogP contribution is 2.10. The van der Waals surface area contributed by atoms with Crippen LogP contribution in [0.3, 0.4) is 0 Å². The van der Waals surface area contributed by atoms with E-state index in [9.17, 15) is 9.90 Å². The number of rotatable bonds is 9. The second-order valence-electron chi connectivity index (χ2n) is 6.52. The molecule has 0 bridgehead atoms. The third kappa shape index (κ3) is 4.70. The fourth-order valence-electron chi connectivity index (χ4n) is 3.06. The average Bonchev–Trinajstić information content (AvgIpc) is 2.82. The molecule has 1 heterocycles. The van der Waals surface area contributed by atoms with Crippen molar-refractivity contribution in [2.24, 2.45) is 7.05 Å². The Hall–Kier alpha value is -2.10. The summed E-state index contributed by atoms with van der Waals surface area (Å²) < 4.78 is 4.54. The van der Waals surface area contributed by atoms with E-state index in [1.165, 1.54) is 43.6 Å². The normalized spacial score (nSPS) is 11.0. The van der Waals surface area contributed by atoms with E-state index in [0.717, 1.165) is 18.5 Å². The Morgan fingerprint density at radius 3 is 2.42 bits per heavy atom. The maximum Gasteiger partial charge on any atom is 0.256 e. The van der Waals surface area contributed by atoms with Gasteiger partial charge in [0, 0.05) is 13.3 Å². The zero-order valence-electron chi connectivity index (χ0n) is 15.0. The number of imidazole rings is 1. The minimum absolute atomic E-state index is 0.226. The van der Waals surface area contributed by atoms with Gasteiger partial charge in [-0.25, -0.2) is 9.13 Å². The number of carboxylic acids is 1. The van der Waals surface area contributed by atoms with Gasteiger partial charge in [-0.2, -0.15) is 0 Å². The van der Waals surface area contributed by atoms with Crippen molar-refractivity contribution >= 4 is 5.97 Å². The molecule has 1 aromatic heterocycles. The molecule has 2 aromatic rings. The standard InChI is InChI=1S/C20H28N2O2/c1-4-5-6-7-8-9-19-21(3)16(2)14-22(19)15-17-10-12-18(13-11-17)20(23)24/h10-14H,4-9,15H2,1-3H3. The molecular formula is C20H28N2O2. The van der Waals surface area contributed by atoms with Crippen LogP contribution in [0.15, 0.2) is 30.5 Å². The van der Waals surface area contributed by atoms with E-state index in [0.29, 0.717) is 0 Å². The van der Waals surface area contributed by atoms with E-state index in [2.05, 4.69) is 36.2 Å². The molecule has 0 aliphatic heterocycles. The van der Waals surface area contributed by atoms with Crippen molar-refractivity contribution in [2.45, 2.75) is 58.9 Å². The summed E-state index contributed by atoms with van der Waals surface area (Å²) in [5, 5.41) is 10.8. The van der Waals surface area contributed by atoms with Crippen molar-refractivity contribution in [3.05, 3.63) is 53.1 Å². The number of aromatic carboxylic acids is 1. The quantitative estimate of drug-likeness (QED) is 0.525. The summed E-state index contributed by atoms with van der Waals surface area (Å²) in [4.78, 5) is 10.8. The Balaban J connectivity index is 2.06. The molecule has 0 atom stereocenters. The van der Waals surface area contributed by atoms with Crippen molar-refractivity contribution in [2.75, 3.05) is 0 Å². The number of carboxylic acid groups (broad SMARTS) is 1. The summed E-state index contributed by atoms with van der Waals surface area (Å²) >= 11 is 0. The highest BCUT2D eigenvalue weighted by Gasteiger charge is 2.18. The van der Waals surface area contributed by atoms with Crippen LogP contribution in [0.1, 0.15) is 66.5 Å². The van der Waals surface area contributed by atoms with Gasteiger partial charge in [-0.3, -0.25) is 0 Å². The van der Waals surface area contributed by atoms with Gasteiger partial charge in [0.25, 0.3) is 5.82 Å². The topological polar surface area (TPSA) is 48.9 Å². The number of aromatic nitrogens is 2. The predicted molar refractivity (Wildman–Crippen MR) is 92.7 cm³/mol. The fraction of sp³-hybridized carbons (Fsp3) is 0.500. The highest BCUT2D eigenvalue weighted by atomic mass is 16.4. The van der Waals surface area contributed by atoms with E-state index in [1.54, 1.807) is 12.1 Å². The van der Waals surface area contributed by atoms with Gasteiger partial charge in [0.15, 0.2) is 0 Å². The second-order valence-corrected chi connectivity index (χ2v) is 6.52. The fourth-order valence-corrected chi connectivity index (χ4v) is 3.06. The Labute approximate surface area is 144 Å². The monoisotopic (exact) mass is 328 g/mol. The zero-order chi connectivity index (χ0) is 17.5. The molecule has 4 nitrogen and oxygen atoms in total. The molecule has 0 spiro atoms. The van der Waals surface area contributed by atoms with Gasteiger partial charge in [0.05, 0.1) is 13.0 Å². The minimum atomic E-state index is -1.13. The maximum atomic E-state index is 10.8. The Morgan fingerprint density at radius 1 is 1.12 bits per heavy atom. The molecule has 0 aliphatic carbocycles. The van der Waals surface area contributed by atoms with E-state index in [-0.39, 0.29) is 5.56 Å². The summed E-state index contributed by atoms with van der Waals surface area (Å²) in [6, 6.07) is 6.97. The molecule has 0 saturated heterocycles. The van der Waals surface area contributed by atoms with Crippen molar-refractivity contribution in [1.29, 1.82) is 0 Å². The molecule has 0 aliphatic rings. The van der Waals surface area contributed by atoms with Crippen molar-refractivity contribution in [3.8, 4) is 0 Å². The number of benzene rings is 1. The first kappa shape index (κ1) is 18.2. The van der Waals surface area contributed by atoms with Crippen LogP contribution in [0, 0.1) is 6.92 Å². The lowest BCUT2D eigenvalue weighted by atomic mass is 10.1. The third-order valence-corrected chi connectivity index (χ3v) is 4.64. The molecule has 0 unspecified atom stereocenters. The molecule has 0 fully saturated rings. The molecular weight excluding hydrogens is 300 g/mol. The number of carbonyl (C=O) groups is 1. The van der Waals surface area contributed by atoms with E-state index >= 15 is 0 Å². The van der Waals surface area contributed by atoms with E-state index in [1.807, 2.05) is 12.1 Å². The Morgan fingerprint density at radius 2 is 1.79 bits per heavy atom. The van der Waals surface area contributed by atoms with Crippen LogP contribution in [0.2, 0.25) is 0 Å². The Kier molecular flexibility index (Phi) is 6.59. The second kappa shape index (κ2) is 8.67. The van der Waals surface area contributed by atoms with Gasteiger partial charge in [-0.15, -0.1) is 0 Å². The molecule has 2 rings (SSSR count). The van der Waals surface area contributed by atoms with E-state index in [4.69, 9.17) is 0 Å². The molecule has 1 aromatic carbocycles. The van der Waals surface area contributed by atoms with Gasteiger partial charge in [0.2, 0.25) is 0 Å².